The number of hydrogen-bond donors (Lipinski definition) is 2. The van der Waals surface area contributed by atoms with Crippen LogP contribution in [0.5, 0.6) is 5.75 Å². The Morgan fingerprint density at radius 1 is 1.04 bits per heavy atom. The number of nitriles is 1. The highest BCUT2D eigenvalue weighted by Gasteiger charge is 2.16. The zero-order chi connectivity index (χ0) is 20.5. The van der Waals surface area contributed by atoms with Crippen molar-refractivity contribution < 1.29 is 23.5 Å². The lowest BCUT2D eigenvalue weighted by atomic mass is 10.1. The molecule has 144 valence electrons. The topological polar surface area (TPSA) is 108 Å². The van der Waals surface area contributed by atoms with Gasteiger partial charge < -0.3 is 4.74 Å². The smallest absolute Gasteiger partial charge is 0.279 e. The zero-order valence-electron chi connectivity index (χ0n) is 15.1. The van der Waals surface area contributed by atoms with E-state index in [4.69, 9.17) is 10.00 Å². The molecule has 7 nitrogen and oxygen atoms in total. The molecule has 2 rings (SSSR count). The second-order valence-electron chi connectivity index (χ2n) is 5.86. The molecule has 0 spiro atoms. The molecule has 2 N–H and O–H groups in total. The molecule has 0 fully saturated rings. The summed E-state index contributed by atoms with van der Waals surface area (Å²) in [5.41, 5.74) is 5.20. The van der Waals surface area contributed by atoms with E-state index in [1.54, 1.807) is 24.3 Å². The van der Waals surface area contributed by atoms with Gasteiger partial charge in [-0.05, 0) is 55.5 Å². The maximum absolute atomic E-state index is 12.8. The highest BCUT2D eigenvalue weighted by molar-refractivity contribution is 5.98. The van der Waals surface area contributed by atoms with Gasteiger partial charge in [-0.3, -0.25) is 25.2 Å². The Bertz CT molecular complexity index is 889. The molecule has 2 aromatic carbocycles. The number of halogens is 1. The predicted molar refractivity (Wildman–Crippen MR) is 97.5 cm³/mol. The minimum Gasteiger partial charge on any atom is -0.481 e. The summed E-state index contributed by atoms with van der Waals surface area (Å²) in [6, 6.07) is 13.2. The maximum Gasteiger partial charge on any atom is 0.279 e. The number of hydrogen-bond acceptors (Lipinski definition) is 5. The van der Waals surface area contributed by atoms with Crippen LogP contribution < -0.4 is 15.6 Å². The van der Waals surface area contributed by atoms with Crippen LogP contribution in [0.25, 0.3) is 0 Å². The van der Waals surface area contributed by atoms with Crippen LogP contribution in [-0.2, 0) is 9.59 Å². The van der Waals surface area contributed by atoms with Gasteiger partial charge in [0.25, 0.3) is 5.91 Å². The minimum atomic E-state index is -0.894. The van der Waals surface area contributed by atoms with Gasteiger partial charge in [-0.15, -0.1) is 0 Å². The fourth-order valence-corrected chi connectivity index (χ4v) is 2.17. The monoisotopic (exact) mass is 383 g/mol. The van der Waals surface area contributed by atoms with E-state index in [1.165, 1.54) is 31.2 Å². The lowest BCUT2D eigenvalue weighted by molar-refractivity contribution is -0.132. The Hall–Kier alpha value is -3.73. The van der Waals surface area contributed by atoms with Crippen LogP contribution in [0.3, 0.4) is 0 Å². The van der Waals surface area contributed by atoms with Crippen molar-refractivity contribution in [3.63, 3.8) is 0 Å². The first-order chi connectivity index (χ1) is 13.4. The molecule has 0 saturated heterocycles. The number of nitrogens with one attached hydrogen (secondary N) is 2. The van der Waals surface area contributed by atoms with Crippen LogP contribution >= 0.6 is 0 Å². The molecule has 1 unspecified atom stereocenters. The number of ether oxygens (including phenoxy) is 1. The van der Waals surface area contributed by atoms with Gasteiger partial charge in [-0.2, -0.15) is 5.26 Å². The molecule has 0 bridgehead atoms. The summed E-state index contributed by atoms with van der Waals surface area (Å²) >= 11 is 0. The van der Waals surface area contributed by atoms with Crippen LogP contribution in [0, 0.1) is 17.1 Å². The Morgan fingerprint density at radius 3 is 2.29 bits per heavy atom. The number of Topliss-reactive ketones (excluding diaryl/α,β-unsaturated/α-hetero) is 1. The van der Waals surface area contributed by atoms with Crippen molar-refractivity contribution >= 4 is 17.6 Å². The molecule has 0 aliphatic rings. The van der Waals surface area contributed by atoms with Crippen molar-refractivity contribution in [1.29, 1.82) is 5.26 Å². The molecule has 28 heavy (non-hydrogen) atoms. The van der Waals surface area contributed by atoms with E-state index in [-0.39, 0.29) is 18.6 Å². The van der Waals surface area contributed by atoms with Gasteiger partial charge in [0.05, 0.1) is 11.6 Å². The van der Waals surface area contributed by atoms with Crippen LogP contribution in [0.4, 0.5) is 4.39 Å². The van der Waals surface area contributed by atoms with Crippen LogP contribution in [0.1, 0.15) is 35.7 Å². The average Bonchev–Trinajstić information content (AvgIpc) is 2.71. The molecule has 0 aliphatic carbocycles. The lowest BCUT2D eigenvalue weighted by Gasteiger charge is -2.15. The number of carbonyl (C=O) groups excluding carboxylic acids is 3. The highest BCUT2D eigenvalue weighted by atomic mass is 19.1. The van der Waals surface area contributed by atoms with Crippen molar-refractivity contribution in [2.24, 2.45) is 0 Å². The van der Waals surface area contributed by atoms with Gasteiger partial charge in [0, 0.05) is 18.4 Å². The molecule has 2 aromatic rings. The van der Waals surface area contributed by atoms with Gasteiger partial charge >= 0.3 is 0 Å². The Balaban J connectivity index is 1.73. The first kappa shape index (κ1) is 20.6. The molecule has 1 atom stereocenters. The van der Waals surface area contributed by atoms with Crippen molar-refractivity contribution in [3.8, 4) is 11.8 Å². The predicted octanol–water partition coefficient (Wildman–Crippen LogP) is 2.28. The number of ketones is 1. The third kappa shape index (κ3) is 6.21. The number of hydrazine groups is 1. The average molecular weight is 383 g/mol. The SMILES string of the molecule is CC(Oc1ccc(C#N)cc1)C(=O)NNC(=O)CCC(=O)c1ccc(F)cc1. The molecular weight excluding hydrogens is 365 g/mol. The molecule has 0 aliphatic heterocycles. The quantitative estimate of drug-likeness (QED) is 0.563. The lowest BCUT2D eigenvalue weighted by Crippen LogP contribution is -2.47. The number of carbonyl (C=O) groups is 3. The molecule has 2 amide bonds. The first-order valence-corrected chi connectivity index (χ1v) is 8.43. The fraction of sp³-hybridized carbons (Fsp3) is 0.200. The largest absolute Gasteiger partial charge is 0.481 e. The van der Waals surface area contributed by atoms with E-state index < -0.39 is 23.7 Å². The Labute approximate surface area is 161 Å². The van der Waals surface area contributed by atoms with Crippen LogP contribution in [0.2, 0.25) is 0 Å². The summed E-state index contributed by atoms with van der Waals surface area (Å²) < 4.78 is 18.3. The summed E-state index contributed by atoms with van der Waals surface area (Å²) in [5, 5.41) is 8.74. The van der Waals surface area contributed by atoms with Crippen LogP contribution in [0.15, 0.2) is 48.5 Å². The van der Waals surface area contributed by atoms with Crippen molar-refractivity contribution in [2.45, 2.75) is 25.9 Å². The molecule has 8 heteroatoms. The summed E-state index contributed by atoms with van der Waals surface area (Å²) in [6.45, 7) is 1.50. The molecular formula is C20H18FN3O4. The highest BCUT2D eigenvalue weighted by Crippen LogP contribution is 2.13. The van der Waals surface area contributed by atoms with E-state index in [0.717, 1.165) is 0 Å². The van der Waals surface area contributed by atoms with E-state index in [1.807, 2.05) is 6.07 Å². The molecule has 0 aromatic heterocycles. The van der Waals surface area contributed by atoms with Gasteiger partial charge in [0.1, 0.15) is 11.6 Å². The Kier molecular flexibility index (Phi) is 7.22. The summed E-state index contributed by atoms with van der Waals surface area (Å²) in [4.78, 5) is 35.7. The van der Waals surface area contributed by atoms with Gasteiger partial charge in [0.15, 0.2) is 11.9 Å². The molecule has 0 heterocycles. The van der Waals surface area contributed by atoms with E-state index in [9.17, 15) is 18.8 Å². The number of benzene rings is 2. The van der Waals surface area contributed by atoms with E-state index >= 15 is 0 Å². The summed E-state index contributed by atoms with van der Waals surface area (Å²) in [5.74, 6) is -1.48. The van der Waals surface area contributed by atoms with E-state index in [2.05, 4.69) is 10.9 Å². The van der Waals surface area contributed by atoms with Crippen LogP contribution in [-0.4, -0.2) is 23.7 Å². The Morgan fingerprint density at radius 2 is 1.68 bits per heavy atom. The second-order valence-corrected chi connectivity index (χ2v) is 5.86. The van der Waals surface area contributed by atoms with E-state index in [0.29, 0.717) is 16.9 Å². The second kappa shape index (κ2) is 9.83. The molecule has 0 saturated carbocycles. The maximum atomic E-state index is 12.8. The van der Waals surface area contributed by atoms with Crippen molar-refractivity contribution in [2.75, 3.05) is 0 Å². The number of nitrogens with zero attached hydrogens (tertiary/aromatic N) is 1. The minimum absolute atomic E-state index is 0.0787. The number of rotatable bonds is 7. The standard InChI is InChI=1S/C20H18FN3O4/c1-13(28-17-8-2-14(12-22)3-9-17)20(27)24-23-19(26)11-10-18(25)15-4-6-16(21)7-5-15/h2-9,13H,10-11H2,1H3,(H,23,26)(H,24,27). The van der Waals surface area contributed by atoms with Gasteiger partial charge in [-0.25, -0.2) is 4.39 Å². The summed E-state index contributed by atoms with van der Waals surface area (Å²) in [6.07, 6.45) is -1.11. The number of amides is 2. The molecule has 0 radical (unpaired) electrons. The van der Waals surface area contributed by atoms with Crippen molar-refractivity contribution in [1.82, 2.24) is 10.9 Å². The zero-order valence-corrected chi connectivity index (χ0v) is 15.1. The fourth-order valence-electron chi connectivity index (χ4n) is 2.17. The normalized spacial score (nSPS) is 11.0. The third-order valence-corrected chi connectivity index (χ3v) is 3.74. The van der Waals surface area contributed by atoms with Crippen molar-refractivity contribution in [3.05, 3.63) is 65.5 Å². The van der Waals surface area contributed by atoms with Gasteiger partial charge in [-0.1, -0.05) is 0 Å². The first-order valence-electron chi connectivity index (χ1n) is 8.43. The third-order valence-electron chi connectivity index (χ3n) is 3.74. The summed E-state index contributed by atoms with van der Waals surface area (Å²) in [7, 11) is 0. The van der Waals surface area contributed by atoms with Gasteiger partial charge in [0.2, 0.25) is 5.91 Å².